The van der Waals surface area contributed by atoms with Gasteiger partial charge in [-0.3, -0.25) is 24.0 Å². The van der Waals surface area contributed by atoms with Crippen LogP contribution < -0.4 is 9.47 Å². The van der Waals surface area contributed by atoms with E-state index in [4.69, 9.17) is 39.7 Å². The first kappa shape index (κ1) is 45.6. The lowest BCUT2D eigenvalue weighted by molar-refractivity contribution is -0.160. The molecule has 1 heterocycles. The van der Waals surface area contributed by atoms with E-state index in [2.05, 4.69) is 18.0 Å². The van der Waals surface area contributed by atoms with Crippen LogP contribution in [0.2, 0.25) is 0 Å². The van der Waals surface area contributed by atoms with Crippen molar-refractivity contribution in [3.8, 4) is 11.5 Å². The smallest absolute Gasteiger partial charge is 0.338 e. The average molecular weight is 842 g/mol. The molecule has 1 aliphatic heterocycles. The van der Waals surface area contributed by atoms with Gasteiger partial charge in [-0.05, 0) is 89.2 Å². The monoisotopic (exact) mass is 841 g/mol. The van der Waals surface area contributed by atoms with Crippen LogP contribution in [0.3, 0.4) is 0 Å². The van der Waals surface area contributed by atoms with Crippen LogP contribution >= 0.6 is 23.5 Å². The van der Waals surface area contributed by atoms with E-state index in [9.17, 15) is 33.6 Å². The third-order valence-corrected chi connectivity index (χ3v) is 12.1. The lowest BCUT2D eigenvalue weighted by Crippen LogP contribution is -2.33. The quantitative estimate of drug-likeness (QED) is 0.0352. The van der Waals surface area contributed by atoms with Crippen LogP contribution in [0.1, 0.15) is 84.0 Å². The van der Waals surface area contributed by atoms with Gasteiger partial charge in [0, 0.05) is 19.1 Å². The largest absolute Gasteiger partial charge is 0.471 e. The molecule has 2 saturated carbocycles. The molecule has 17 heteroatoms. The number of nitrogens with zero attached hydrogens (tertiary/aromatic N) is 1. The molecule has 4 rings (SSSR count). The van der Waals surface area contributed by atoms with E-state index in [1.165, 1.54) is 19.1 Å². The maximum absolute atomic E-state index is 13.4. The Labute approximate surface area is 345 Å². The Kier molecular flexibility index (Phi) is 18.4. The highest BCUT2D eigenvalue weighted by atomic mass is 32.2. The van der Waals surface area contributed by atoms with Gasteiger partial charge in [-0.25, -0.2) is 14.4 Å². The zero-order chi connectivity index (χ0) is 42.0. The standard InChI is InChI=1S/C41H47NO14S2/c1-5-32(44)50-21-7-9-23-52-37(46)26-11-13-27(14-12-26)38(47)55-29-17-15-28(16-18-29)39(48)56-31-20-19-30(54-25(3)43)35-36(31)58-41(57-35)34(42-4)40(49)53-24-10-8-22-51-33(45)6-2/h5-6,19-20,26-29H,1-2,7-18,21-24H2,3H3/b41-34+. The third-order valence-electron chi connectivity index (χ3n) is 9.45. The minimum atomic E-state index is -0.853. The molecule has 0 spiro atoms. The molecule has 3 aliphatic rings. The molecule has 2 fully saturated rings. The Bertz CT molecular complexity index is 1800. The molecular weight excluding hydrogens is 795 g/mol. The Hall–Kier alpha value is -5.08. The van der Waals surface area contributed by atoms with Crippen molar-refractivity contribution in [2.45, 2.75) is 99.9 Å². The SMILES string of the molecule is [C-]#[N+]/C(C(=O)OCCCCOC(=O)C=C)=C1\Sc2c(OC(C)=O)ccc(OC(=O)C3CCC(OC(=O)C4CCC(C(=O)OCCCCOC(=O)C=C)CC4)CC3)c2S1. The maximum Gasteiger partial charge on any atom is 0.338 e. The molecule has 0 saturated heterocycles. The molecule has 0 aromatic heterocycles. The molecule has 15 nitrogen and oxygen atoms in total. The molecule has 0 bridgehead atoms. The molecule has 0 radical (unpaired) electrons. The van der Waals surface area contributed by atoms with Crippen molar-refractivity contribution in [2.24, 2.45) is 17.8 Å². The summed E-state index contributed by atoms with van der Waals surface area (Å²) >= 11 is 2.06. The lowest BCUT2D eigenvalue weighted by atomic mass is 9.82. The predicted molar refractivity (Wildman–Crippen MR) is 209 cm³/mol. The van der Waals surface area contributed by atoms with Crippen LogP contribution in [0.25, 0.3) is 4.85 Å². The Morgan fingerprint density at radius 2 is 1.10 bits per heavy atom. The fourth-order valence-electron chi connectivity index (χ4n) is 6.34. The lowest BCUT2D eigenvalue weighted by Gasteiger charge is -2.30. The minimum absolute atomic E-state index is 0.0107. The molecule has 1 aromatic carbocycles. The van der Waals surface area contributed by atoms with E-state index in [0.29, 0.717) is 86.8 Å². The zero-order valence-corrected chi connectivity index (χ0v) is 34.0. The number of carbonyl (C=O) groups excluding carboxylic acids is 7. The fraction of sp³-hybridized carbons (Fsp3) is 0.512. The van der Waals surface area contributed by atoms with Crippen LogP contribution in [0.15, 0.2) is 57.2 Å². The molecule has 0 atom stereocenters. The van der Waals surface area contributed by atoms with Crippen molar-refractivity contribution in [3.63, 3.8) is 0 Å². The van der Waals surface area contributed by atoms with E-state index in [-0.39, 0.29) is 77.7 Å². The van der Waals surface area contributed by atoms with Gasteiger partial charge < -0.3 is 33.2 Å². The average Bonchev–Trinajstić information content (AvgIpc) is 3.67. The van der Waals surface area contributed by atoms with Crippen molar-refractivity contribution < 1.29 is 66.7 Å². The van der Waals surface area contributed by atoms with Gasteiger partial charge in [0.25, 0.3) is 5.70 Å². The number of carbonyl (C=O) groups is 7. The first-order valence-corrected chi connectivity index (χ1v) is 20.7. The normalized spacial score (nSPS) is 20.5. The van der Waals surface area contributed by atoms with Crippen LogP contribution in [0, 0.1) is 24.3 Å². The van der Waals surface area contributed by atoms with Gasteiger partial charge in [0.2, 0.25) is 0 Å². The molecule has 2 aliphatic carbocycles. The number of hydrogen-bond acceptors (Lipinski definition) is 16. The van der Waals surface area contributed by atoms with Gasteiger partial charge in [-0.1, -0.05) is 36.7 Å². The molecule has 0 N–H and O–H groups in total. The Balaban J connectivity index is 1.24. The third kappa shape index (κ3) is 13.8. The van der Waals surface area contributed by atoms with E-state index in [0.717, 1.165) is 35.7 Å². The second kappa shape index (κ2) is 23.4. The summed E-state index contributed by atoms with van der Waals surface area (Å²) in [5.41, 5.74) is -0.285. The number of rotatable bonds is 19. The summed E-state index contributed by atoms with van der Waals surface area (Å²) in [6.45, 7) is 16.1. The number of thioether (sulfide) groups is 2. The van der Waals surface area contributed by atoms with E-state index < -0.39 is 35.8 Å². The van der Waals surface area contributed by atoms with Crippen molar-refractivity contribution in [2.75, 3.05) is 26.4 Å². The second-order valence-electron chi connectivity index (χ2n) is 13.6. The van der Waals surface area contributed by atoms with Crippen molar-refractivity contribution >= 4 is 65.3 Å². The summed E-state index contributed by atoms with van der Waals surface area (Å²) < 4.78 is 37.8. The maximum atomic E-state index is 13.4. The van der Waals surface area contributed by atoms with Crippen molar-refractivity contribution in [3.05, 3.63) is 58.8 Å². The minimum Gasteiger partial charge on any atom is -0.471 e. The summed E-state index contributed by atoms with van der Waals surface area (Å²) in [6.07, 6.45) is 7.62. The van der Waals surface area contributed by atoms with Gasteiger partial charge in [-0.2, -0.15) is 0 Å². The topological polar surface area (TPSA) is 188 Å². The van der Waals surface area contributed by atoms with Crippen molar-refractivity contribution in [1.82, 2.24) is 0 Å². The van der Waals surface area contributed by atoms with Gasteiger partial charge >= 0.3 is 41.8 Å². The van der Waals surface area contributed by atoms with Gasteiger partial charge in [0.05, 0.1) is 64.8 Å². The van der Waals surface area contributed by atoms with Crippen LogP contribution in [-0.2, 0) is 57.2 Å². The summed E-state index contributed by atoms with van der Waals surface area (Å²) in [7, 11) is 0. The highest BCUT2D eigenvalue weighted by Crippen LogP contribution is 2.59. The van der Waals surface area contributed by atoms with Crippen LogP contribution in [0.5, 0.6) is 11.5 Å². The van der Waals surface area contributed by atoms with E-state index in [1.54, 1.807) is 0 Å². The number of fused-ring (bicyclic) bond motifs is 1. The number of ether oxygens (including phenoxy) is 7. The zero-order valence-electron chi connectivity index (χ0n) is 32.3. The van der Waals surface area contributed by atoms with Gasteiger partial charge in [0.1, 0.15) is 17.6 Å². The first-order chi connectivity index (χ1) is 27.9. The van der Waals surface area contributed by atoms with Gasteiger partial charge in [-0.15, -0.1) is 0 Å². The summed E-state index contributed by atoms with van der Waals surface area (Å²) in [5.74, 6) is -4.27. The number of benzene rings is 1. The summed E-state index contributed by atoms with van der Waals surface area (Å²) in [5, 5.41) is 0. The molecule has 0 amide bonds. The number of hydrogen-bond donors (Lipinski definition) is 0. The first-order valence-electron chi connectivity index (χ1n) is 19.1. The number of unbranched alkanes of at least 4 members (excludes halogenated alkanes) is 2. The molecular formula is C41H47NO14S2. The van der Waals surface area contributed by atoms with Crippen molar-refractivity contribution in [1.29, 1.82) is 0 Å². The second-order valence-corrected chi connectivity index (χ2v) is 15.9. The fourth-order valence-corrected chi connectivity index (χ4v) is 8.89. The van der Waals surface area contributed by atoms with E-state index in [1.807, 2.05) is 0 Å². The molecule has 0 unspecified atom stereocenters. The van der Waals surface area contributed by atoms with E-state index >= 15 is 0 Å². The van der Waals surface area contributed by atoms with Crippen LogP contribution in [0.4, 0.5) is 0 Å². The molecule has 312 valence electrons. The highest BCUT2D eigenvalue weighted by Gasteiger charge is 2.36. The highest BCUT2D eigenvalue weighted by molar-refractivity contribution is 8.24. The Morgan fingerprint density at radius 3 is 1.60 bits per heavy atom. The predicted octanol–water partition coefficient (Wildman–Crippen LogP) is 6.82. The molecule has 1 aromatic rings. The van der Waals surface area contributed by atoms with Gasteiger partial charge in [0.15, 0.2) is 0 Å². The summed E-state index contributed by atoms with van der Waals surface area (Å²) in [4.78, 5) is 90.1. The summed E-state index contributed by atoms with van der Waals surface area (Å²) in [6, 6.07) is 2.98. The Morgan fingerprint density at radius 1 is 0.655 bits per heavy atom. The molecule has 58 heavy (non-hydrogen) atoms. The van der Waals surface area contributed by atoms with Crippen LogP contribution in [-0.4, -0.2) is 74.3 Å². The number of esters is 7.